The van der Waals surface area contributed by atoms with Crippen LogP contribution in [-0.2, 0) is 12.8 Å². The average molecular weight is 484 g/mol. The molecule has 0 saturated heterocycles. The fourth-order valence-corrected chi connectivity index (χ4v) is 5.16. The van der Waals surface area contributed by atoms with E-state index in [9.17, 15) is 14.3 Å². The van der Waals surface area contributed by atoms with Gasteiger partial charge in [-0.3, -0.25) is 4.79 Å². The molecule has 5 rings (SSSR count). The second-order valence-electron chi connectivity index (χ2n) is 8.19. The highest BCUT2D eigenvalue weighted by molar-refractivity contribution is 7.15. The zero-order valence-electron chi connectivity index (χ0n) is 19.0. The first-order valence-electron chi connectivity index (χ1n) is 11.2. The third-order valence-corrected chi connectivity index (χ3v) is 7.05. The zero-order valence-corrected chi connectivity index (χ0v) is 19.8. The molecule has 0 saturated carbocycles. The van der Waals surface area contributed by atoms with Gasteiger partial charge >= 0.3 is 0 Å². The van der Waals surface area contributed by atoms with Gasteiger partial charge in [-0.2, -0.15) is 0 Å². The maximum atomic E-state index is 14.6. The normalized spacial score (nSPS) is 11.1. The number of fused-ring (bicyclic) bond motifs is 1. The Bertz CT molecular complexity index is 1580. The largest absolute Gasteiger partial charge is 0.508 e. The van der Waals surface area contributed by atoms with Crippen LogP contribution in [0.25, 0.3) is 32.7 Å². The van der Waals surface area contributed by atoms with Gasteiger partial charge in [-0.25, -0.2) is 14.4 Å². The lowest BCUT2D eigenvalue weighted by molar-refractivity contribution is 0.0996. The van der Waals surface area contributed by atoms with E-state index in [-0.39, 0.29) is 17.0 Å². The predicted molar refractivity (Wildman–Crippen MR) is 137 cm³/mol. The maximum Gasteiger partial charge on any atom is 0.269 e. The molecular formula is C28H22FN3O2S. The number of halogens is 1. The number of nitrogens with zero attached hydrogens (tertiary/aromatic N) is 2. The summed E-state index contributed by atoms with van der Waals surface area (Å²) in [6.45, 7) is 2.01. The molecule has 174 valence electrons. The number of hydrogen-bond donors (Lipinski definition) is 2. The number of nitrogens with two attached hydrogens (primary N) is 1. The number of thiophene rings is 1. The Hall–Kier alpha value is -4.10. The van der Waals surface area contributed by atoms with E-state index < -0.39 is 11.7 Å². The molecule has 2 aromatic heterocycles. The van der Waals surface area contributed by atoms with Crippen LogP contribution in [0.5, 0.6) is 5.75 Å². The van der Waals surface area contributed by atoms with Gasteiger partial charge in [-0.1, -0.05) is 31.2 Å². The summed E-state index contributed by atoms with van der Waals surface area (Å²) in [5.41, 5.74) is 9.84. The molecule has 1 amide bonds. The number of para-hydroxylation sites is 1. The SMILES string of the molecule is CCc1cc(-c2ccc(Cc3cccc4nc(C(N)=O)c(-c5ccccc5F)nc34)s2)ccc1O. The maximum absolute atomic E-state index is 14.6. The van der Waals surface area contributed by atoms with Gasteiger partial charge in [0.2, 0.25) is 0 Å². The molecule has 0 aliphatic heterocycles. The lowest BCUT2D eigenvalue weighted by Crippen LogP contribution is -2.16. The highest BCUT2D eigenvalue weighted by atomic mass is 32.1. The predicted octanol–water partition coefficient (Wildman–Crippen LogP) is 6.12. The van der Waals surface area contributed by atoms with Crippen LogP contribution in [-0.4, -0.2) is 21.0 Å². The third-order valence-electron chi connectivity index (χ3n) is 5.91. The van der Waals surface area contributed by atoms with Gasteiger partial charge in [-0.05, 0) is 71.6 Å². The number of hydrogen-bond acceptors (Lipinski definition) is 5. The van der Waals surface area contributed by atoms with E-state index in [1.54, 1.807) is 41.7 Å². The highest BCUT2D eigenvalue weighted by Crippen LogP contribution is 2.34. The van der Waals surface area contributed by atoms with Crippen molar-refractivity contribution in [3.63, 3.8) is 0 Å². The third kappa shape index (κ3) is 4.38. The summed E-state index contributed by atoms with van der Waals surface area (Å²) in [5.74, 6) is -0.945. The molecule has 0 bridgehead atoms. The van der Waals surface area contributed by atoms with E-state index >= 15 is 0 Å². The number of rotatable bonds is 6. The molecular weight excluding hydrogens is 461 g/mol. The van der Waals surface area contributed by atoms with Crippen molar-refractivity contribution in [1.29, 1.82) is 0 Å². The number of aromatic nitrogens is 2. The minimum Gasteiger partial charge on any atom is -0.508 e. The second-order valence-corrected chi connectivity index (χ2v) is 9.36. The van der Waals surface area contributed by atoms with E-state index in [1.165, 1.54) is 6.07 Å². The number of aryl methyl sites for hydroxylation is 1. The smallest absolute Gasteiger partial charge is 0.269 e. The fourth-order valence-electron chi connectivity index (χ4n) is 4.13. The Morgan fingerprint density at radius 2 is 1.83 bits per heavy atom. The van der Waals surface area contributed by atoms with Gasteiger partial charge in [0.05, 0.1) is 11.0 Å². The van der Waals surface area contributed by atoms with Gasteiger partial charge < -0.3 is 10.8 Å². The first-order chi connectivity index (χ1) is 16.9. The lowest BCUT2D eigenvalue weighted by atomic mass is 10.0. The van der Waals surface area contributed by atoms with E-state index in [4.69, 9.17) is 10.7 Å². The summed E-state index contributed by atoms with van der Waals surface area (Å²) in [7, 11) is 0. The summed E-state index contributed by atoms with van der Waals surface area (Å²) < 4.78 is 14.6. The molecule has 35 heavy (non-hydrogen) atoms. The van der Waals surface area contributed by atoms with Crippen molar-refractivity contribution in [3.8, 4) is 27.4 Å². The quantitative estimate of drug-likeness (QED) is 0.304. The highest BCUT2D eigenvalue weighted by Gasteiger charge is 2.19. The van der Waals surface area contributed by atoms with Crippen LogP contribution in [0.15, 0.2) is 72.8 Å². The summed E-state index contributed by atoms with van der Waals surface area (Å²) in [6.07, 6.45) is 1.35. The Labute approximate surface area is 205 Å². The van der Waals surface area contributed by atoms with Crippen LogP contribution < -0.4 is 5.73 Å². The van der Waals surface area contributed by atoms with Crippen molar-refractivity contribution in [2.24, 2.45) is 5.73 Å². The van der Waals surface area contributed by atoms with Crippen LogP contribution >= 0.6 is 11.3 Å². The standard InChI is InChI=1S/C28H22FN3O2S/c1-2-16-14-17(10-12-23(16)33)24-13-11-19(35-24)15-18-6-5-9-22-25(18)32-26(27(31-22)28(30)34)20-7-3-4-8-21(20)29/h3-14,33H,2,15H2,1H3,(H2,30,34). The van der Waals surface area contributed by atoms with E-state index in [2.05, 4.69) is 17.1 Å². The van der Waals surface area contributed by atoms with Crippen molar-refractivity contribution in [2.75, 3.05) is 0 Å². The number of carbonyl (C=O) groups excluding carboxylic acids is 1. The molecule has 7 heteroatoms. The Morgan fingerprint density at radius 1 is 1.00 bits per heavy atom. The van der Waals surface area contributed by atoms with Crippen LogP contribution in [0.2, 0.25) is 0 Å². The molecule has 0 radical (unpaired) electrons. The number of phenolic OH excluding ortho intramolecular Hbond substituents is 1. The Morgan fingerprint density at radius 3 is 2.60 bits per heavy atom. The first-order valence-corrected chi connectivity index (χ1v) is 12.0. The van der Waals surface area contributed by atoms with Gasteiger partial charge in [0.1, 0.15) is 17.3 Å². The van der Waals surface area contributed by atoms with Crippen LogP contribution in [0.3, 0.4) is 0 Å². The van der Waals surface area contributed by atoms with Crippen molar-refractivity contribution in [3.05, 3.63) is 100 Å². The minimum atomic E-state index is -0.758. The molecule has 3 N–H and O–H groups in total. The molecule has 0 aliphatic carbocycles. The van der Waals surface area contributed by atoms with E-state index in [0.29, 0.717) is 23.2 Å². The van der Waals surface area contributed by atoms with Crippen LogP contribution in [0, 0.1) is 5.82 Å². The van der Waals surface area contributed by atoms with Crippen LogP contribution in [0.4, 0.5) is 4.39 Å². The summed E-state index contributed by atoms with van der Waals surface area (Å²) >= 11 is 1.66. The monoisotopic (exact) mass is 483 g/mol. The molecule has 0 unspecified atom stereocenters. The molecule has 2 heterocycles. The molecule has 3 aromatic carbocycles. The summed E-state index contributed by atoms with van der Waals surface area (Å²) in [5, 5.41) is 10.00. The average Bonchev–Trinajstić information content (AvgIpc) is 3.32. The lowest BCUT2D eigenvalue weighted by Gasteiger charge is -2.11. The van der Waals surface area contributed by atoms with Gasteiger partial charge in [0.25, 0.3) is 5.91 Å². The van der Waals surface area contributed by atoms with Gasteiger partial charge in [0.15, 0.2) is 5.69 Å². The Kier molecular flexibility index (Phi) is 6.01. The second kappa shape index (κ2) is 9.27. The minimum absolute atomic E-state index is 0.0581. The topological polar surface area (TPSA) is 89.1 Å². The fraction of sp³-hybridized carbons (Fsp3) is 0.107. The summed E-state index contributed by atoms with van der Waals surface area (Å²) in [6, 6.07) is 21.5. The Balaban J connectivity index is 1.56. The van der Waals surface area contributed by atoms with Gasteiger partial charge in [-0.15, -0.1) is 11.3 Å². The number of primary amides is 1. The van der Waals surface area contributed by atoms with Crippen molar-refractivity contribution < 1.29 is 14.3 Å². The van der Waals surface area contributed by atoms with Crippen molar-refractivity contribution >= 4 is 28.3 Å². The number of phenols is 1. The molecule has 5 aromatic rings. The molecule has 0 fully saturated rings. The van der Waals surface area contributed by atoms with E-state index in [0.717, 1.165) is 32.9 Å². The number of carbonyl (C=O) groups is 1. The molecule has 0 aliphatic rings. The van der Waals surface area contributed by atoms with Crippen molar-refractivity contribution in [1.82, 2.24) is 9.97 Å². The van der Waals surface area contributed by atoms with Crippen molar-refractivity contribution in [2.45, 2.75) is 19.8 Å². The number of amides is 1. The van der Waals surface area contributed by atoms with Crippen LogP contribution in [0.1, 0.15) is 33.4 Å². The molecule has 5 nitrogen and oxygen atoms in total. The molecule has 0 atom stereocenters. The van der Waals surface area contributed by atoms with Gasteiger partial charge in [0, 0.05) is 21.7 Å². The zero-order chi connectivity index (χ0) is 24.5. The molecule has 0 spiro atoms. The van der Waals surface area contributed by atoms with E-state index in [1.807, 2.05) is 31.2 Å². The first kappa shape index (κ1) is 22.7. The number of aromatic hydroxyl groups is 1. The summed E-state index contributed by atoms with van der Waals surface area (Å²) in [4.78, 5) is 23.5. The number of benzene rings is 3.